The Morgan fingerprint density at radius 1 is 1.16 bits per heavy atom. The summed E-state index contributed by atoms with van der Waals surface area (Å²) in [7, 11) is 3.58. The zero-order valence-corrected chi connectivity index (χ0v) is 19.5. The quantitative estimate of drug-likeness (QED) is 0.531. The molecule has 0 aliphatic carbocycles. The van der Waals surface area contributed by atoms with Crippen LogP contribution in [0.3, 0.4) is 0 Å². The number of hydrogen-bond donors (Lipinski definition) is 2. The summed E-state index contributed by atoms with van der Waals surface area (Å²) in [5, 5.41) is 7.19. The van der Waals surface area contributed by atoms with Gasteiger partial charge in [0.25, 0.3) is 0 Å². The molecular formula is C26H36N4O2. The van der Waals surface area contributed by atoms with Gasteiger partial charge in [0.15, 0.2) is 5.96 Å². The number of nitrogens with one attached hydrogen (secondary N) is 2. The molecule has 2 aromatic carbocycles. The third-order valence-corrected chi connectivity index (χ3v) is 6.56. The van der Waals surface area contributed by atoms with Crippen molar-refractivity contribution in [2.24, 2.45) is 10.9 Å². The first-order valence-corrected chi connectivity index (χ1v) is 11.7. The molecule has 2 aliphatic rings. The second-order valence-electron chi connectivity index (χ2n) is 8.81. The van der Waals surface area contributed by atoms with Crippen LogP contribution in [0, 0.1) is 12.8 Å². The molecule has 172 valence electrons. The van der Waals surface area contributed by atoms with E-state index in [0.29, 0.717) is 12.0 Å². The average molecular weight is 437 g/mol. The molecule has 32 heavy (non-hydrogen) atoms. The molecule has 0 radical (unpaired) electrons. The number of rotatable bonds is 6. The monoisotopic (exact) mass is 436 g/mol. The van der Waals surface area contributed by atoms with Gasteiger partial charge in [-0.3, -0.25) is 4.99 Å². The van der Waals surface area contributed by atoms with E-state index >= 15 is 0 Å². The van der Waals surface area contributed by atoms with Crippen molar-refractivity contribution in [2.45, 2.75) is 38.3 Å². The van der Waals surface area contributed by atoms with Crippen LogP contribution in [0.5, 0.6) is 5.75 Å². The van der Waals surface area contributed by atoms with Gasteiger partial charge >= 0.3 is 0 Å². The van der Waals surface area contributed by atoms with Gasteiger partial charge in [-0.15, -0.1) is 0 Å². The lowest BCUT2D eigenvalue weighted by Gasteiger charge is -2.33. The molecule has 2 N–H and O–H groups in total. The maximum absolute atomic E-state index is 6.18. The van der Waals surface area contributed by atoms with Crippen molar-refractivity contribution in [2.75, 3.05) is 45.3 Å². The summed E-state index contributed by atoms with van der Waals surface area (Å²) in [6.07, 6.45) is 3.48. The van der Waals surface area contributed by atoms with Gasteiger partial charge in [0.2, 0.25) is 0 Å². The maximum atomic E-state index is 6.18. The molecule has 4 rings (SSSR count). The van der Waals surface area contributed by atoms with E-state index in [2.05, 4.69) is 63.8 Å². The predicted octanol–water partition coefficient (Wildman–Crippen LogP) is 3.92. The molecule has 2 heterocycles. The fourth-order valence-corrected chi connectivity index (χ4v) is 4.78. The topological polar surface area (TPSA) is 58.1 Å². The summed E-state index contributed by atoms with van der Waals surface area (Å²) in [5.74, 6) is 2.22. The summed E-state index contributed by atoms with van der Waals surface area (Å²) >= 11 is 0. The highest BCUT2D eigenvalue weighted by Gasteiger charge is 2.29. The van der Waals surface area contributed by atoms with Crippen LogP contribution in [0.25, 0.3) is 0 Å². The van der Waals surface area contributed by atoms with Gasteiger partial charge in [0, 0.05) is 45.2 Å². The Kier molecular flexibility index (Phi) is 7.53. The van der Waals surface area contributed by atoms with E-state index in [0.717, 1.165) is 62.9 Å². The lowest BCUT2D eigenvalue weighted by Crippen LogP contribution is -2.46. The molecule has 0 saturated carbocycles. The zero-order chi connectivity index (χ0) is 22.3. The second kappa shape index (κ2) is 10.7. The number of benzene rings is 2. The van der Waals surface area contributed by atoms with Crippen LogP contribution in [0.4, 0.5) is 5.69 Å². The van der Waals surface area contributed by atoms with E-state index < -0.39 is 0 Å². The van der Waals surface area contributed by atoms with Gasteiger partial charge in [-0.05, 0) is 43.9 Å². The van der Waals surface area contributed by atoms with Gasteiger partial charge in [-0.1, -0.05) is 42.0 Å². The van der Waals surface area contributed by atoms with E-state index in [-0.39, 0.29) is 6.10 Å². The number of aliphatic imine (C=N–C) groups is 1. The summed E-state index contributed by atoms with van der Waals surface area (Å²) in [6.45, 7) is 5.74. The number of ether oxygens (including phenoxy) is 2. The molecule has 3 atom stereocenters. The lowest BCUT2D eigenvalue weighted by atomic mass is 9.89. The van der Waals surface area contributed by atoms with Gasteiger partial charge in [-0.25, -0.2) is 0 Å². The number of methoxy groups -OCH3 is 1. The van der Waals surface area contributed by atoms with E-state index in [9.17, 15) is 0 Å². The fourth-order valence-electron chi connectivity index (χ4n) is 4.78. The van der Waals surface area contributed by atoms with Crippen molar-refractivity contribution in [3.05, 3.63) is 59.7 Å². The minimum atomic E-state index is 0.141. The first-order chi connectivity index (χ1) is 15.7. The molecule has 2 fully saturated rings. The third kappa shape index (κ3) is 5.36. The second-order valence-corrected chi connectivity index (χ2v) is 8.81. The molecule has 2 aliphatic heterocycles. The highest BCUT2D eigenvalue weighted by Crippen LogP contribution is 2.33. The summed E-state index contributed by atoms with van der Waals surface area (Å²) < 4.78 is 11.7. The highest BCUT2D eigenvalue weighted by molar-refractivity contribution is 5.80. The highest BCUT2D eigenvalue weighted by atomic mass is 16.5. The fraction of sp³-hybridized carbons (Fsp3) is 0.500. The van der Waals surface area contributed by atoms with Gasteiger partial charge < -0.3 is 25.0 Å². The zero-order valence-electron chi connectivity index (χ0n) is 19.5. The van der Waals surface area contributed by atoms with Crippen LogP contribution in [0.2, 0.25) is 0 Å². The Bertz CT molecular complexity index is 899. The van der Waals surface area contributed by atoms with Crippen LogP contribution in [-0.4, -0.2) is 52.4 Å². The summed E-state index contributed by atoms with van der Waals surface area (Å²) in [5.41, 5.74) is 3.71. The van der Waals surface area contributed by atoms with E-state index in [4.69, 9.17) is 9.47 Å². The molecule has 0 spiro atoms. The number of anilines is 1. The predicted molar refractivity (Wildman–Crippen MR) is 131 cm³/mol. The van der Waals surface area contributed by atoms with Crippen LogP contribution in [0.1, 0.15) is 36.5 Å². The Labute approximate surface area is 192 Å². The average Bonchev–Trinajstić information content (AvgIpc) is 3.31. The number of guanidine groups is 1. The van der Waals surface area contributed by atoms with E-state index in [1.807, 2.05) is 19.2 Å². The van der Waals surface area contributed by atoms with Crippen molar-refractivity contribution >= 4 is 11.6 Å². The van der Waals surface area contributed by atoms with Gasteiger partial charge in [-0.2, -0.15) is 0 Å². The Morgan fingerprint density at radius 3 is 2.75 bits per heavy atom. The van der Waals surface area contributed by atoms with Crippen LogP contribution < -0.4 is 20.3 Å². The molecular weight excluding hydrogens is 400 g/mol. The van der Waals surface area contributed by atoms with Crippen molar-refractivity contribution in [1.82, 2.24) is 10.6 Å². The molecule has 3 unspecified atom stereocenters. The van der Waals surface area contributed by atoms with Crippen LogP contribution in [-0.2, 0) is 4.74 Å². The number of aryl methyl sites for hydroxylation is 1. The normalized spacial score (nSPS) is 23.8. The largest absolute Gasteiger partial charge is 0.495 e. The lowest BCUT2D eigenvalue weighted by molar-refractivity contribution is -0.0265. The Hall–Kier alpha value is -2.73. The standard InChI is InChI=1S/C26H36N4O2/c1-19-10-12-20(13-11-19)25-21(7-6-16-32-25)17-28-26(27-2)29-22-14-15-30(18-22)23-8-4-5-9-24(23)31-3/h4-5,8-13,21-22,25H,6-7,14-18H2,1-3H3,(H2,27,28,29). The molecule has 0 amide bonds. The van der Waals surface area contributed by atoms with Crippen molar-refractivity contribution in [3.63, 3.8) is 0 Å². The minimum absolute atomic E-state index is 0.141. The number of nitrogens with zero attached hydrogens (tertiary/aromatic N) is 2. The minimum Gasteiger partial charge on any atom is -0.495 e. The van der Waals surface area contributed by atoms with Crippen molar-refractivity contribution in [1.29, 1.82) is 0 Å². The SMILES string of the molecule is CN=C(NCC1CCCOC1c1ccc(C)cc1)NC1CCN(c2ccccc2OC)C1. The smallest absolute Gasteiger partial charge is 0.191 e. The first-order valence-electron chi connectivity index (χ1n) is 11.7. The van der Waals surface area contributed by atoms with Gasteiger partial charge in [0.1, 0.15) is 5.75 Å². The van der Waals surface area contributed by atoms with Crippen molar-refractivity contribution in [3.8, 4) is 5.75 Å². The van der Waals surface area contributed by atoms with Crippen molar-refractivity contribution < 1.29 is 9.47 Å². The third-order valence-electron chi connectivity index (χ3n) is 6.56. The number of hydrogen-bond acceptors (Lipinski definition) is 4. The van der Waals surface area contributed by atoms with Crippen LogP contribution >= 0.6 is 0 Å². The molecule has 0 aromatic heterocycles. The molecule has 2 aromatic rings. The van der Waals surface area contributed by atoms with E-state index in [1.165, 1.54) is 11.1 Å². The van der Waals surface area contributed by atoms with Crippen LogP contribution in [0.15, 0.2) is 53.5 Å². The first kappa shape index (κ1) is 22.5. The molecule has 6 heteroatoms. The van der Waals surface area contributed by atoms with E-state index in [1.54, 1.807) is 7.11 Å². The Morgan fingerprint density at radius 2 is 1.97 bits per heavy atom. The van der Waals surface area contributed by atoms with Gasteiger partial charge in [0.05, 0.1) is 18.9 Å². The molecule has 2 saturated heterocycles. The summed E-state index contributed by atoms with van der Waals surface area (Å²) in [4.78, 5) is 6.87. The molecule has 0 bridgehead atoms. The molecule has 6 nitrogen and oxygen atoms in total. The summed E-state index contributed by atoms with van der Waals surface area (Å²) in [6, 6.07) is 17.3. The maximum Gasteiger partial charge on any atom is 0.191 e. The Balaban J connectivity index is 1.32. The number of para-hydroxylation sites is 2.